The van der Waals surface area contributed by atoms with Crippen LogP contribution in [0, 0.1) is 17.1 Å². The quantitative estimate of drug-likeness (QED) is 0.853. The van der Waals surface area contributed by atoms with Crippen LogP contribution in [-0.2, 0) is 12.0 Å². The molecule has 2 heterocycles. The third-order valence-electron chi connectivity index (χ3n) is 4.29. The highest BCUT2D eigenvalue weighted by atomic mass is 19.1. The van der Waals surface area contributed by atoms with Gasteiger partial charge in [-0.15, -0.1) is 0 Å². The van der Waals surface area contributed by atoms with Gasteiger partial charge in [-0.05, 0) is 12.1 Å². The van der Waals surface area contributed by atoms with Gasteiger partial charge in [0.25, 0.3) is 0 Å². The van der Waals surface area contributed by atoms with Gasteiger partial charge in [0, 0.05) is 31.6 Å². The maximum absolute atomic E-state index is 13.8. The molecule has 1 aliphatic rings. The molecule has 1 fully saturated rings. The van der Waals surface area contributed by atoms with Gasteiger partial charge < -0.3 is 9.42 Å². The molecule has 0 saturated carbocycles. The number of anilines is 1. The highest BCUT2D eigenvalue weighted by molar-refractivity contribution is 5.60. The van der Waals surface area contributed by atoms with Crippen molar-refractivity contribution in [1.29, 1.82) is 5.26 Å². The first kappa shape index (κ1) is 17.4. The van der Waals surface area contributed by atoms with Gasteiger partial charge in [-0.3, -0.25) is 4.90 Å². The fourth-order valence-electron chi connectivity index (χ4n) is 2.86. The van der Waals surface area contributed by atoms with E-state index in [-0.39, 0.29) is 11.0 Å². The molecule has 132 valence electrons. The lowest BCUT2D eigenvalue weighted by Gasteiger charge is -2.35. The summed E-state index contributed by atoms with van der Waals surface area (Å²) >= 11 is 0. The molecule has 0 amide bonds. The van der Waals surface area contributed by atoms with Crippen LogP contribution in [0.25, 0.3) is 0 Å². The van der Waals surface area contributed by atoms with Crippen LogP contribution in [0.15, 0.2) is 22.7 Å². The van der Waals surface area contributed by atoms with Gasteiger partial charge in [-0.25, -0.2) is 4.39 Å². The molecule has 0 atom stereocenters. The minimum Gasteiger partial charge on any atom is -0.368 e. The summed E-state index contributed by atoms with van der Waals surface area (Å²) in [6, 6.07) is 6.73. The predicted octanol–water partition coefficient (Wildman–Crippen LogP) is 2.70. The summed E-state index contributed by atoms with van der Waals surface area (Å²) in [4.78, 5) is 8.75. The minimum atomic E-state index is -0.469. The third kappa shape index (κ3) is 3.80. The molecule has 25 heavy (non-hydrogen) atoms. The molecule has 2 aromatic rings. The number of halogens is 1. The fraction of sp³-hybridized carbons (Fsp3) is 0.500. The topological polar surface area (TPSA) is 69.2 Å². The second-order valence-electron chi connectivity index (χ2n) is 7.27. The summed E-state index contributed by atoms with van der Waals surface area (Å²) in [6.45, 7) is 9.77. The Labute approximate surface area is 146 Å². The van der Waals surface area contributed by atoms with Crippen LogP contribution < -0.4 is 4.90 Å². The number of benzene rings is 1. The van der Waals surface area contributed by atoms with Crippen LogP contribution in [0.5, 0.6) is 0 Å². The largest absolute Gasteiger partial charge is 0.368 e. The molecular formula is C18H22FN5O. The second kappa shape index (κ2) is 6.81. The Kier molecular flexibility index (Phi) is 4.73. The zero-order valence-corrected chi connectivity index (χ0v) is 14.8. The summed E-state index contributed by atoms with van der Waals surface area (Å²) < 4.78 is 19.1. The zero-order valence-electron chi connectivity index (χ0n) is 14.8. The van der Waals surface area contributed by atoms with E-state index >= 15 is 0 Å². The molecule has 1 aliphatic heterocycles. The molecule has 3 rings (SSSR count). The van der Waals surface area contributed by atoms with E-state index in [9.17, 15) is 9.65 Å². The molecule has 6 nitrogen and oxygen atoms in total. The first-order valence-electron chi connectivity index (χ1n) is 8.37. The summed E-state index contributed by atoms with van der Waals surface area (Å²) in [7, 11) is 0. The van der Waals surface area contributed by atoms with E-state index in [2.05, 4.69) is 19.9 Å². The van der Waals surface area contributed by atoms with Crippen molar-refractivity contribution in [1.82, 2.24) is 15.0 Å². The van der Waals surface area contributed by atoms with Crippen LogP contribution >= 0.6 is 0 Å². The Bertz CT molecular complexity index is 781. The number of aromatic nitrogens is 2. The molecule has 7 heteroatoms. The minimum absolute atomic E-state index is 0.115. The number of rotatable bonds is 3. The molecule has 1 aromatic carbocycles. The Morgan fingerprint density at radius 2 is 1.96 bits per heavy atom. The molecule has 1 aromatic heterocycles. The van der Waals surface area contributed by atoms with Gasteiger partial charge >= 0.3 is 0 Å². The van der Waals surface area contributed by atoms with E-state index in [0.717, 1.165) is 26.2 Å². The van der Waals surface area contributed by atoms with Gasteiger partial charge in [-0.1, -0.05) is 32.0 Å². The average Bonchev–Trinajstić information content (AvgIpc) is 3.04. The molecule has 0 aliphatic carbocycles. The molecule has 0 spiro atoms. The van der Waals surface area contributed by atoms with E-state index in [4.69, 9.17) is 4.52 Å². The molecule has 0 bridgehead atoms. The summed E-state index contributed by atoms with van der Waals surface area (Å²) in [5.41, 5.74) is 0.621. The highest BCUT2D eigenvalue weighted by Crippen LogP contribution is 2.24. The van der Waals surface area contributed by atoms with E-state index in [0.29, 0.717) is 23.9 Å². The van der Waals surface area contributed by atoms with Gasteiger partial charge in [0.2, 0.25) is 5.89 Å². The number of hydrogen-bond donors (Lipinski definition) is 0. The van der Waals surface area contributed by atoms with E-state index in [1.54, 1.807) is 12.1 Å². The highest BCUT2D eigenvalue weighted by Gasteiger charge is 2.24. The van der Waals surface area contributed by atoms with Crippen molar-refractivity contribution in [2.75, 3.05) is 31.1 Å². The van der Waals surface area contributed by atoms with Crippen LogP contribution in [0.1, 0.15) is 38.0 Å². The number of nitriles is 1. The fourth-order valence-corrected chi connectivity index (χ4v) is 2.86. The molecular weight excluding hydrogens is 321 g/mol. The van der Waals surface area contributed by atoms with E-state index < -0.39 is 5.82 Å². The van der Waals surface area contributed by atoms with Crippen molar-refractivity contribution < 1.29 is 8.91 Å². The van der Waals surface area contributed by atoms with Crippen molar-refractivity contribution in [3.63, 3.8) is 0 Å². The Morgan fingerprint density at radius 3 is 2.56 bits per heavy atom. The summed E-state index contributed by atoms with van der Waals surface area (Å²) in [5, 5.41) is 13.2. The number of hydrogen-bond acceptors (Lipinski definition) is 6. The van der Waals surface area contributed by atoms with Crippen molar-refractivity contribution in [2.24, 2.45) is 0 Å². The molecule has 0 unspecified atom stereocenters. The standard InChI is InChI=1S/C18H22FN5O/c1-18(2,3)17-21-16(22-25-17)12-23-7-9-24(10-8-23)15-6-4-5-14(19)13(15)11-20/h4-6H,7-10,12H2,1-3H3. The maximum atomic E-state index is 13.8. The molecule has 1 saturated heterocycles. The van der Waals surface area contributed by atoms with Crippen molar-refractivity contribution >= 4 is 5.69 Å². The smallest absolute Gasteiger partial charge is 0.232 e. The van der Waals surface area contributed by atoms with Crippen LogP contribution in [-0.4, -0.2) is 41.2 Å². The maximum Gasteiger partial charge on any atom is 0.232 e. The monoisotopic (exact) mass is 343 g/mol. The number of nitrogens with zero attached hydrogens (tertiary/aromatic N) is 5. The lowest BCUT2D eigenvalue weighted by molar-refractivity contribution is 0.239. The first-order chi connectivity index (χ1) is 11.9. The van der Waals surface area contributed by atoms with Crippen molar-refractivity contribution in [2.45, 2.75) is 32.7 Å². The van der Waals surface area contributed by atoms with E-state index in [1.807, 2.05) is 26.8 Å². The first-order valence-corrected chi connectivity index (χ1v) is 8.37. The number of piperazine rings is 1. The molecule has 0 N–H and O–H groups in total. The van der Waals surface area contributed by atoms with Crippen molar-refractivity contribution in [3.05, 3.63) is 41.3 Å². The summed E-state index contributed by atoms with van der Waals surface area (Å²) in [6.07, 6.45) is 0. The zero-order chi connectivity index (χ0) is 18.0. The lowest BCUT2D eigenvalue weighted by Crippen LogP contribution is -2.46. The van der Waals surface area contributed by atoms with Crippen LogP contribution in [0.3, 0.4) is 0 Å². The Balaban J connectivity index is 1.62. The third-order valence-corrected chi connectivity index (χ3v) is 4.29. The van der Waals surface area contributed by atoms with Crippen molar-refractivity contribution in [3.8, 4) is 6.07 Å². The van der Waals surface area contributed by atoms with Crippen LogP contribution in [0.2, 0.25) is 0 Å². The van der Waals surface area contributed by atoms with Gasteiger partial charge in [0.1, 0.15) is 17.4 Å². The van der Waals surface area contributed by atoms with Gasteiger partial charge in [0.15, 0.2) is 5.82 Å². The SMILES string of the molecule is CC(C)(C)c1nc(CN2CCN(c3cccc(F)c3C#N)CC2)no1. The Hall–Kier alpha value is -2.46. The lowest BCUT2D eigenvalue weighted by atomic mass is 9.97. The Morgan fingerprint density at radius 1 is 1.24 bits per heavy atom. The predicted molar refractivity (Wildman–Crippen MR) is 91.6 cm³/mol. The van der Waals surface area contributed by atoms with E-state index in [1.165, 1.54) is 6.07 Å². The molecule has 0 radical (unpaired) electrons. The second-order valence-corrected chi connectivity index (χ2v) is 7.27. The van der Waals surface area contributed by atoms with Crippen LogP contribution in [0.4, 0.5) is 10.1 Å². The summed E-state index contributed by atoms with van der Waals surface area (Å²) in [5.74, 6) is 0.852. The average molecular weight is 343 g/mol. The normalized spacial score (nSPS) is 16.0. The van der Waals surface area contributed by atoms with Gasteiger partial charge in [-0.2, -0.15) is 10.2 Å². The van der Waals surface area contributed by atoms with Gasteiger partial charge in [0.05, 0.1) is 12.2 Å².